The average molecular weight is 889 g/mol. The van der Waals surface area contributed by atoms with Gasteiger partial charge in [0.2, 0.25) is 0 Å². The van der Waals surface area contributed by atoms with Crippen molar-refractivity contribution in [2.24, 2.45) is 0 Å². The van der Waals surface area contributed by atoms with Gasteiger partial charge < -0.3 is 14.2 Å². The Morgan fingerprint density at radius 2 is 0.609 bits per heavy atom. The summed E-state index contributed by atoms with van der Waals surface area (Å²) in [4.78, 5) is 38.0. The third-order valence-electron chi connectivity index (χ3n) is 10.9. The summed E-state index contributed by atoms with van der Waals surface area (Å²) in [7, 11) is 0. The van der Waals surface area contributed by atoms with Gasteiger partial charge in [0.1, 0.15) is 13.2 Å². The molecule has 0 radical (unpaired) electrons. The van der Waals surface area contributed by atoms with E-state index in [1.165, 1.54) is 89.9 Å². The van der Waals surface area contributed by atoms with Crippen LogP contribution in [0.5, 0.6) is 0 Å². The van der Waals surface area contributed by atoms with Gasteiger partial charge in [-0.15, -0.1) is 0 Å². The van der Waals surface area contributed by atoms with Gasteiger partial charge in [0.25, 0.3) is 0 Å². The highest BCUT2D eigenvalue weighted by atomic mass is 16.6. The largest absolute Gasteiger partial charge is 0.462 e. The minimum absolute atomic E-state index is 0.104. The van der Waals surface area contributed by atoms with E-state index in [1.54, 1.807) is 0 Å². The lowest BCUT2D eigenvalue weighted by atomic mass is 10.1. The van der Waals surface area contributed by atoms with E-state index >= 15 is 0 Å². The number of hydrogen-bond donors (Lipinski definition) is 0. The molecule has 0 amide bonds. The molecule has 0 N–H and O–H groups in total. The quantitative estimate of drug-likeness (QED) is 0.0262. The smallest absolute Gasteiger partial charge is 0.306 e. The number of allylic oxidation sites excluding steroid dienone is 16. The first-order valence-corrected chi connectivity index (χ1v) is 26.3. The first-order valence-electron chi connectivity index (χ1n) is 26.3. The van der Waals surface area contributed by atoms with E-state index in [1.807, 2.05) is 36.5 Å². The summed E-state index contributed by atoms with van der Waals surface area (Å²) in [6.45, 7) is 6.40. The van der Waals surface area contributed by atoms with Gasteiger partial charge in [0, 0.05) is 19.3 Å². The number of unbranched alkanes of at least 4 members (excludes halogenated alkanes) is 24. The molecule has 0 saturated heterocycles. The number of esters is 3. The Kier molecular flexibility index (Phi) is 49.0. The fourth-order valence-corrected chi connectivity index (χ4v) is 6.96. The molecular weight excluding hydrogens is 793 g/mol. The number of ether oxygens (including phenoxy) is 3. The molecule has 0 aliphatic carbocycles. The molecule has 1 atom stereocenters. The maximum absolute atomic E-state index is 12.8. The van der Waals surface area contributed by atoms with Crippen molar-refractivity contribution in [3.05, 3.63) is 97.2 Å². The zero-order valence-corrected chi connectivity index (χ0v) is 41.5. The maximum atomic E-state index is 12.8. The minimum atomic E-state index is -0.807. The zero-order chi connectivity index (χ0) is 46.5. The zero-order valence-electron chi connectivity index (χ0n) is 41.5. The fraction of sp³-hybridized carbons (Fsp3) is 0.672. The van der Waals surface area contributed by atoms with Crippen molar-refractivity contribution >= 4 is 17.9 Å². The van der Waals surface area contributed by atoms with Crippen molar-refractivity contribution in [3.8, 4) is 0 Å². The Bertz CT molecular complexity index is 1300. The molecular formula is C58H96O6. The number of rotatable bonds is 46. The molecule has 1 unspecified atom stereocenters. The van der Waals surface area contributed by atoms with Crippen molar-refractivity contribution < 1.29 is 28.6 Å². The van der Waals surface area contributed by atoms with E-state index in [4.69, 9.17) is 14.2 Å². The summed E-state index contributed by atoms with van der Waals surface area (Å²) >= 11 is 0. The highest BCUT2D eigenvalue weighted by Crippen LogP contribution is 2.13. The van der Waals surface area contributed by atoms with Crippen molar-refractivity contribution in [1.82, 2.24) is 0 Å². The molecule has 0 saturated carbocycles. The summed E-state index contributed by atoms with van der Waals surface area (Å²) < 4.78 is 16.7. The first kappa shape index (κ1) is 60.3. The van der Waals surface area contributed by atoms with E-state index in [-0.39, 0.29) is 31.1 Å². The summed E-state index contributed by atoms with van der Waals surface area (Å²) in [6, 6.07) is 0. The summed E-state index contributed by atoms with van der Waals surface area (Å²) in [6.07, 6.45) is 68.2. The standard InChI is InChI=1S/C58H96O6/c1-4-7-10-13-16-19-22-25-27-28-29-31-33-36-39-42-45-48-51-57(60)63-54-55(53-62-56(59)50-47-44-41-38-35-32-24-21-18-15-12-9-6-3)64-58(61)52-49-46-43-40-37-34-30-26-23-20-17-14-11-8-5-2/h9,12,15,17-18,20-21,23-24,26-29,31-32,35,55H,4-8,10-11,13-14,16,19,22,25,30,33-34,36-54H2,1-3H3/b12-9-,18-15-,20-17-,24-21-,26-23-,28-27-,31-29-,35-32-. The van der Waals surface area contributed by atoms with E-state index < -0.39 is 6.10 Å². The molecule has 0 bridgehead atoms. The summed E-state index contributed by atoms with van der Waals surface area (Å²) in [5.74, 6) is -0.973. The second-order valence-electron chi connectivity index (χ2n) is 17.2. The second-order valence-corrected chi connectivity index (χ2v) is 17.2. The summed E-state index contributed by atoms with van der Waals surface area (Å²) in [5.41, 5.74) is 0. The van der Waals surface area contributed by atoms with Crippen LogP contribution in [-0.2, 0) is 28.6 Å². The number of carbonyl (C=O) groups excluding carboxylic acids is 3. The Balaban J connectivity index is 4.48. The number of hydrogen-bond acceptors (Lipinski definition) is 6. The summed E-state index contributed by atoms with van der Waals surface area (Å²) in [5, 5.41) is 0. The van der Waals surface area contributed by atoms with Gasteiger partial charge >= 0.3 is 17.9 Å². The van der Waals surface area contributed by atoms with Crippen LogP contribution < -0.4 is 0 Å². The lowest BCUT2D eigenvalue weighted by Gasteiger charge is -2.18. The fourth-order valence-electron chi connectivity index (χ4n) is 6.96. The van der Waals surface area contributed by atoms with Gasteiger partial charge in [-0.2, -0.15) is 0 Å². The number of carbonyl (C=O) groups is 3. The molecule has 64 heavy (non-hydrogen) atoms. The second kappa shape index (κ2) is 52.0. The SMILES string of the molecule is CC\C=C/C=C\C=C/C=C\CCCCCC(=O)OCC(COC(=O)CCCCCCC/C=C\C=C/CCCCCCCCC)OC(=O)CCCCCCCC/C=C\C=C/CCCCC. The van der Waals surface area contributed by atoms with Crippen LogP contribution in [0.4, 0.5) is 0 Å². The van der Waals surface area contributed by atoms with Crippen LogP contribution >= 0.6 is 0 Å². The van der Waals surface area contributed by atoms with Crippen molar-refractivity contribution in [3.63, 3.8) is 0 Å². The van der Waals surface area contributed by atoms with Crippen molar-refractivity contribution in [1.29, 1.82) is 0 Å². The molecule has 0 aliphatic rings. The van der Waals surface area contributed by atoms with E-state index in [9.17, 15) is 14.4 Å². The maximum Gasteiger partial charge on any atom is 0.306 e. The van der Waals surface area contributed by atoms with Crippen molar-refractivity contribution in [2.75, 3.05) is 13.2 Å². The molecule has 6 heteroatoms. The Morgan fingerprint density at radius 3 is 1.02 bits per heavy atom. The molecule has 0 fully saturated rings. The lowest BCUT2D eigenvalue weighted by Crippen LogP contribution is -2.30. The third-order valence-corrected chi connectivity index (χ3v) is 10.9. The molecule has 0 heterocycles. The minimum Gasteiger partial charge on any atom is -0.462 e. The Hall–Kier alpha value is -3.67. The van der Waals surface area contributed by atoms with Gasteiger partial charge in [-0.1, -0.05) is 221 Å². The van der Waals surface area contributed by atoms with Gasteiger partial charge in [0.05, 0.1) is 0 Å². The Labute approximate surface area is 394 Å². The normalized spacial score (nSPS) is 12.9. The highest BCUT2D eigenvalue weighted by Gasteiger charge is 2.19. The monoisotopic (exact) mass is 889 g/mol. The van der Waals surface area contributed by atoms with Gasteiger partial charge in [-0.3, -0.25) is 14.4 Å². The Morgan fingerprint density at radius 1 is 0.328 bits per heavy atom. The van der Waals surface area contributed by atoms with E-state index in [2.05, 4.69) is 81.5 Å². The van der Waals surface area contributed by atoms with E-state index in [0.717, 1.165) is 103 Å². The van der Waals surface area contributed by atoms with Crippen molar-refractivity contribution in [2.45, 2.75) is 239 Å². The molecule has 0 aromatic rings. The van der Waals surface area contributed by atoms with Crippen LogP contribution in [0.1, 0.15) is 233 Å². The van der Waals surface area contributed by atoms with Gasteiger partial charge in [-0.25, -0.2) is 0 Å². The average Bonchev–Trinajstić information content (AvgIpc) is 3.29. The van der Waals surface area contributed by atoms with Gasteiger partial charge in [0.15, 0.2) is 6.10 Å². The van der Waals surface area contributed by atoms with Crippen LogP contribution in [-0.4, -0.2) is 37.2 Å². The predicted molar refractivity (Wildman–Crippen MR) is 274 cm³/mol. The van der Waals surface area contributed by atoms with Crippen LogP contribution in [0, 0.1) is 0 Å². The topological polar surface area (TPSA) is 78.9 Å². The predicted octanol–water partition coefficient (Wildman–Crippen LogP) is 17.4. The molecule has 6 nitrogen and oxygen atoms in total. The molecule has 0 aromatic carbocycles. The van der Waals surface area contributed by atoms with Crippen LogP contribution in [0.2, 0.25) is 0 Å². The van der Waals surface area contributed by atoms with E-state index in [0.29, 0.717) is 19.3 Å². The van der Waals surface area contributed by atoms with Crippen LogP contribution in [0.3, 0.4) is 0 Å². The van der Waals surface area contributed by atoms with Crippen LogP contribution in [0.25, 0.3) is 0 Å². The lowest BCUT2D eigenvalue weighted by molar-refractivity contribution is -0.167. The van der Waals surface area contributed by atoms with Crippen LogP contribution in [0.15, 0.2) is 97.2 Å². The molecule has 0 rings (SSSR count). The molecule has 0 aliphatic heterocycles. The first-order chi connectivity index (χ1) is 31.5. The highest BCUT2D eigenvalue weighted by molar-refractivity contribution is 5.71. The third kappa shape index (κ3) is 49.3. The molecule has 364 valence electrons. The van der Waals surface area contributed by atoms with Gasteiger partial charge in [-0.05, 0) is 89.9 Å². The molecule has 0 aromatic heterocycles. The molecule has 0 spiro atoms.